The fourth-order valence-electron chi connectivity index (χ4n) is 3.21. The Balaban J connectivity index is 1.77. The summed E-state index contributed by atoms with van der Waals surface area (Å²) in [5, 5.41) is 17.5. The second-order valence-corrected chi connectivity index (χ2v) is 10.00. The van der Waals surface area contributed by atoms with E-state index in [-0.39, 0.29) is 10.7 Å². The molecule has 0 bridgehead atoms. The van der Waals surface area contributed by atoms with Gasteiger partial charge in [-0.25, -0.2) is 4.79 Å². The minimum atomic E-state index is -1.94. The van der Waals surface area contributed by atoms with Gasteiger partial charge in [-0.2, -0.15) is 0 Å². The number of hydrogen-bond acceptors (Lipinski definition) is 3. The van der Waals surface area contributed by atoms with Crippen LogP contribution >= 0.6 is 47.0 Å². The van der Waals surface area contributed by atoms with E-state index >= 15 is 0 Å². The summed E-state index contributed by atoms with van der Waals surface area (Å²) in [6, 6.07) is 24.4. The van der Waals surface area contributed by atoms with E-state index in [4.69, 9.17) is 52.1 Å². The number of halogens is 3. The molecule has 0 aliphatic rings. The average Bonchev–Trinajstić information content (AvgIpc) is 2.80. The second-order valence-electron chi connectivity index (χ2n) is 7.22. The van der Waals surface area contributed by atoms with Gasteiger partial charge in [0.2, 0.25) is 9.70 Å². The van der Waals surface area contributed by atoms with Crippen molar-refractivity contribution in [3.63, 3.8) is 0 Å². The molecule has 10 heteroatoms. The van der Waals surface area contributed by atoms with Gasteiger partial charge < -0.3 is 21.1 Å². The molecule has 3 aromatic carbocycles. The van der Waals surface area contributed by atoms with Gasteiger partial charge in [-0.15, -0.1) is 0 Å². The number of anilines is 1. The van der Waals surface area contributed by atoms with Crippen LogP contribution < -0.4 is 16.0 Å². The molecule has 34 heavy (non-hydrogen) atoms. The number of carboxylic acid groups (broad SMARTS) is 1. The Morgan fingerprint density at radius 1 is 0.794 bits per heavy atom. The normalized spacial score (nSPS) is 12.0. The molecule has 0 radical (unpaired) electrons. The number of benzene rings is 3. The number of hydrogen-bond donors (Lipinski definition) is 4. The fraction of sp³-hybridized carbons (Fsp3) is 0.125. The van der Waals surface area contributed by atoms with Gasteiger partial charge in [0.05, 0.1) is 11.5 Å². The summed E-state index contributed by atoms with van der Waals surface area (Å²) < 4.78 is -1.94. The van der Waals surface area contributed by atoms with E-state index in [2.05, 4.69) is 16.0 Å². The molecule has 4 N–H and O–H groups in total. The van der Waals surface area contributed by atoms with E-state index in [0.717, 1.165) is 11.1 Å². The predicted molar refractivity (Wildman–Crippen MR) is 140 cm³/mol. The van der Waals surface area contributed by atoms with Crippen molar-refractivity contribution in [3.8, 4) is 0 Å². The minimum Gasteiger partial charge on any atom is -0.478 e. The van der Waals surface area contributed by atoms with Crippen LogP contribution in [0.2, 0.25) is 0 Å². The van der Waals surface area contributed by atoms with Crippen LogP contribution in [-0.2, 0) is 4.79 Å². The molecule has 0 spiro atoms. The van der Waals surface area contributed by atoms with E-state index in [0.29, 0.717) is 5.69 Å². The highest BCUT2D eigenvalue weighted by Crippen LogP contribution is 2.31. The minimum absolute atomic E-state index is 0.0654. The molecule has 0 aliphatic carbocycles. The number of rotatable bonds is 7. The first-order chi connectivity index (χ1) is 16.1. The Morgan fingerprint density at radius 2 is 1.29 bits per heavy atom. The lowest BCUT2D eigenvalue weighted by molar-refractivity contribution is -0.122. The van der Waals surface area contributed by atoms with Gasteiger partial charge in [0, 0.05) is 5.69 Å². The van der Waals surface area contributed by atoms with Crippen LogP contribution in [-0.4, -0.2) is 32.1 Å². The van der Waals surface area contributed by atoms with Crippen molar-refractivity contribution < 1.29 is 14.7 Å². The van der Waals surface area contributed by atoms with Gasteiger partial charge in [-0.1, -0.05) is 95.5 Å². The number of alkyl halides is 3. The Hall–Kier alpha value is -2.84. The molecule has 0 saturated heterocycles. The quantitative estimate of drug-likeness (QED) is 0.186. The monoisotopic (exact) mass is 535 g/mol. The first-order valence-corrected chi connectivity index (χ1v) is 11.6. The summed E-state index contributed by atoms with van der Waals surface area (Å²) >= 11 is 23.7. The van der Waals surface area contributed by atoms with Crippen molar-refractivity contribution in [1.29, 1.82) is 0 Å². The Kier molecular flexibility index (Phi) is 8.74. The van der Waals surface area contributed by atoms with Crippen LogP contribution in [0.4, 0.5) is 5.69 Å². The number of carboxylic acids is 1. The Labute approximate surface area is 217 Å². The third-order valence-electron chi connectivity index (χ3n) is 4.81. The Morgan fingerprint density at radius 3 is 1.74 bits per heavy atom. The van der Waals surface area contributed by atoms with E-state index in [9.17, 15) is 9.59 Å². The SMILES string of the molecule is O=C(O)c1ccc(NC(=S)N[C@@H](NC(=O)C(c2ccccc2)c2ccccc2)C(Cl)(Cl)Cl)cc1. The molecule has 0 saturated carbocycles. The largest absolute Gasteiger partial charge is 0.478 e. The maximum absolute atomic E-state index is 13.4. The van der Waals surface area contributed by atoms with Gasteiger partial charge in [0.15, 0.2) is 5.11 Å². The summed E-state index contributed by atoms with van der Waals surface area (Å²) in [7, 11) is 0. The first kappa shape index (κ1) is 25.8. The molecule has 0 aromatic heterocycles. The highest BCUT2D eigenvalue weighted by molar-refractivity contribution is 7.80. The molecule has 176 valence electrons. The highest BCUT2D eigenvalue weighted by Gasteiger charge is 2.36. The molecule has 0 aliphatic heterocycles. The van der Waals surface area contributed by atoms with Gasteiger partial charge in [-0.3, -0.25) is 4.79 Å². The highest BCUT2D eigenvalue weighted by atomic mass is 35.6. The number of thiocarbonyl (C=S) groups is 1. The third-order valence-corrected chi connectivity index (χ3v) is 5.68. The number of nitrogens with one attached hydrogen (secondary N) is 3. The maximum Gasteiger partial charge on any atom is 0.335 e. The molecule has 6 nitrogen and oxygen atoms in total. The van der Waals surface area contributed by atoms with Crippen LogP contribution in [0, 0.1) is 0 Å². The van der Waals surface area contributed by atoms with Crippen molar-refractivity contribution in [3.05, 3.63) is 102 Å². The first-order valence-electron chi connectivity index (χ1n) is 10.0. The second kappa shape index (κ2) is 11.5. The van der Waals surface area contributed by atoms with Crippen molar-refractivity contribution in [2.75, 3.05) is 5.32 Å². The number of aromatic carboxylic acids is 1. The lowest BCUT2D eigenvalue weighted by Gasteiger charge is -2.29. The molecule has 0 fully saturated rings. The number of carbonyl (C=O) groups is 2. The van der Waals surface area contributed by atoms with Crippen molar-refractivity contribution in [1.82, 2.24) is 10.6 Å². The van der Waals surface area contributed by atoms with Gasteiger partial charge in [-0.05, 0) is 47.6 Å². The standard InChI is InChI=1S/C24H20Cl3N3O3S/c25-24(26,27)22(30-23(34)28-18-13-11-17(12-14-18)21(32)33)29-20(31)19(15-7-3-1-4-8-15)16-9-5-2-6-10-16/h1-14,19,22H,(H,29,31)(H,32,33)(H2,28,30,34)/t22-/m1/s1. The summed E-state index contributed by atoms with van der Waals surface area (Å²) in [4.78, 5) is 24.4. The number of amides is 1. The summed E-state index contributed by atoms with van der Waals surface area (Å²) in [5.41, 5.74) is 2.19. The summed E-state index contributed by atoms with van der Waals surface area (Å²) in [5.74, 6) is -2.09. The zero-order valence-corrected chi connectivity index (χ0v) is 20.6. The molecule has 0 unspecified atom stereocenters. The predicted octanol–water partition coefficient (Wildman–Crippen LogP) is 5.32. The molecular formula is C24H20Cl3N3O3S. The van der Waals surface area contributed by atoms with Gasteiger partial charge in [0.1, 0.15) is 6.17 Å². The summed E-state index contributed by atoms with van der Waals surface area (Å²) in [6.45, 7) is 0. The van der Waals surface area contributed by atoms with Crippen LogP contribution in [0.3, 0.4) is 0 Å². The zero-order valence-electron chi connectivity index (χ0n) is 17.5. The van der Waals surface area contributed by atoms with Crippen LogP contribution in [0.25, 0.3) is 0 Å². The zero-order chi connectivity index (χ0) is 24.7. The molecule has 3 aromatic rings. The van der Waals surface area contributed by atoms with Gasteiger partial charge in [0.25, 0.3) is 0 Å². The average molecular weight is 537 g/mol. The lowest BCUT2D eigenvalue weighted by atomic mass is 9.90. The van der Waals surface area contributed by atoms with Crippen LogP contribution in [0.5, 0.6) is 0 Å². The lowest BCUT2D eigenvalue weighted by Crippen LogP contribution is -2.57. The van der Waals surface area contributed by atoms with E-state index in [1.165, 1.54) is 12.1 Å². The topological polar surface area (TPSA) is 90.5 Å². The fourth-order valence-corrected chi connectivity index (χ4v) is 3.77. The molecular weight excluding hydrogens is 517 g/mol. The van der Waals surface area contributed by atoms with Gasteiger partial charge >= 0.3 is 5.97 Å². The third kappa shape index (κ3) is 7.08. The van der Waals surface area contributed by atoms with Crippen molar-refractivity contribution in [2.24, 2.45) is 0 Å². The molecule has 3 rings (SSSR count). The van der Waals surface area contributed by atoms with E-state index < -0.39 is 27.8 Å². The van der Waals surface area contributed by atoms with Crippen molar-refractivity contribution >= 4 is 69.7 Å². The molecule has 0 heterocycles. The summed E-state index contributed by atoms with van der Waals surface area (Å²) in [6.07, 6.45) is -1.17. The number of carbonyl (C=O) groups excluding carboxylic acids is 1. The van der Waals surface area contributed by atoms with Crippen molar-refractivity contribution in [2.45, 2.75) is 15.9 Å². The van der Waals surface area contributed by atoms with E-state index in [1.54, 1.807) is 12.1 Å². The van der Waals surface area contributed by atoms with Crippen LogP contribution in [0.1, 0.15) is 27.4 Å². The molecule has 1 atom stereocenters. The maximum atomic E-state index is 13.4. The smallest absolute Gasteiger partial charge is 0.335 e. The van der Waals surface area contributed by atoms with E-state index in [1.807, 2.05) is 60.7 Å². The molecule has 1 amide bonds. The van der Waals surface area contributed by atoms with Crippen LogP contribution in [0.15, 0.2) is 84.9 Å². The Bertz CT molecular complexity index is 1100.